The molecule has 0 atom stereocenters. The second kappa shape index (κ2) is 53.9. The van der Waals surface area contributed by atoms with Gasteiger partial charge in [-0.05, 0) is 146 Å². The SMILES string of the molecule is CC#N.CC#N.CC#N.CC#N.CC#N.CC#N.F[P-](F)(F)(F)(F)F.F[P-](F)(F)(F)(F)F.[Cu+].[Cu+].c1ccc([PH+](CCOc2ccc(OCC[PH+](c3ccccc3)c3ccccc3)cc2)c2ccccc2)cc1.c1ccc([PH+](CCOc2ccc(OCC[PH+](c3ccccc3)c3ccccc3)cc2)c2ccccc2)cc1. The fourth-order valence-corrected chi connectivity index (χ4v) is 18.9. The van der Waals surface area contributed by atoms with Crippen molar-refractivity contribution in [2.75, 3.05) is 51.1 Å². The summed E-state index contributed by atoms with van der Waals surface area (Å²) in [5.41, 5.74) is 0. The Morgan fingerprint density at radius 1 is 0.218 bits per heavy atom. The maximum Gasteiger partial charge on any atom is 1.00 e. The summed E-state index contributed by atoms with van der Waals surface area (Å²) in [5.74, 6) is 3.55. The van der Waals surface area contributed by atoms with Crippen LogP contribution in [0.3, 0.4) is 0 Å². The smallest absolute Gasteiger partial charge is 0.490 e. The van der Waals surface area contributed by atoms with Crippen LogP contribution in [-0.4, -0.2) is 51.1 Å². The summed E-state index contributed by atoms with van der Waals surface area (Å²) in [6.07, 6.45) is 4.06. The van der Waals surface area contributed by atoms with Crippen molar-refractivity contribution in [2.24, 2.45) is 0 Å². The molecule has 0 spiro atoms. The van der Waals surface area contributed by atoms with E-state index in [-0.39, 0.29) is 34.1 Å². The van der Waals surface area contributed by atoms with E-state index >= 15 is 0 Å². The van der Waals surface area contributed by atoms with Crippen molar-refractivity contribution in [3.8, 4) is 59.4 Å². The van der Waals surface area contributed by atoms with Crippen molar-refractivity contribution in [3.63, 3.8) is 0 Å². The first-order valence-electron chi connectivity index (χ1n) is 32.7. The molecule has 0 radical (unpaired) electrons. The Morgan fingerprint density at radius 2 is 0.309 bits per heavy atom. The van der Waals surface area contributed by atoms with E-state index in [1.807, 2.05) is 48.5 Å². The Balaban J connectivity index is 0. The summed E-state index contributed by atoms with van der Waals surface area (Å²) in [4.78, 5) is 0. The monoisotopic (exact) mass is 1730 g/mol. The summed E-state index contributed by atoms with van der Waals surface area (Å²) in [7, 11) is -24.9. The van der Waals surface area contributed by atoms with Gasteiger partial charge in [-0.2, -0.15) is 31.6 Å². The number of hydrogen-bond donors (Lipinski definition) is 0. The minimum absolute atomic E-state index is 0. The molecular weight excluding hydrogens is 1650 g/mol. The maximum absolute atomic E-state index is 10.7. The zero-order chi connectivity index (χ0) is 80.7. The average molecular weight is 1740 g/mol. The zero-order valence-electron chi connectivity index (χ0n) is 60.7. The largest absolute Gasteiger partial charge is 1.00 e. The number of rotatable bonds is 24. The van der Waals surface area contributed by atoms with Gasteiger partial charge in [0.15, 0.2) is 0 Å². The summed E-state index contributed by atoms with van der Waals surface area (Å²) in [5, 5.41) is 55.3. The maximum atomic E-state index is 9.87. The van der Waals surface area contributed by atoms with Gasteiger partial charge in [-0.3, -0.25) is 0 Å². The third-order valence-electron chi connectivity index (χ3n) is 13.1. The van der Waals surface area contributed by atoms with E-state index < -0.39 is 47.3 Å². The molecule has 10 rings (SSSR count). The molecule has 0 amide bonds. The van der Waals surface area contributed by atoms with Gasteiger partial charge in [-0.1, -0.05) is 146 Å². The second-order valence-corrected chi connectivity index (χ2v) is 35.7. The number of hydrogen-bond acceptors (Lipinski definition) is 10. The van der Waals surface area contributed by atoms with Gasteiger partial charge in [-0.25, -0.2) is 0 Å². The Hall–Kier alpha value is -8.88. The summed E-state index contributed by atoms with van der Waals surface area (Å²) in [6.45, 7) is 11.4. The van der Waals surface area contributed by atoms with Crippen molar-refractivity contribution in [1.29, 1.82) is 31.6 Å². The summed E-state index contributed by atoms with van der Waals surface area (Å²) < 4.78 is 143. The molecule has 0 N–H and O–H groups in total. The van der Waals surface area contributed by atoms with Gasteiger partial charge in [0.1, 0.15) is 74.1 Å². The predicted octanol–water partition coefficient (Wildman–Crippen LogP) is 22.3. The number of nitriles is 6. The van der Waals surface area contributed by atoms with Crippen molar-refractivity contribution >= 4 is 89.7 Å². The fraction of sp³-hybridized carbons (Fsp3) is 0.175. The molecule has 0 aliphatic carbocycles. The van der Waals surface area contributed by atoms with Crippen LogP contribution in [0.15, 0.2) is 291 Å². The average Bonchev–Trinajstić information content (AvgIpc) is 0.460. The van der Waals surface area contributed by atoms with Crippen LogP contribution in [0.4, 0.5) is 50.4 Å². The molecule has 0 saturated carbocycles. The van der Waals surface area contributed by atoms with Gasteiger partial charge in [0.25, 0.3) is 0 Å². The predicted molar refractivity (Wildman–Crippen MR) is 431 cm³/mol. The van der Waals surface area contributed by atoms with Crippen LogP contribution in [0.2, 0.25) is 0 Å². The minimum Gasteiger partial charge on any atom is -0.490 e. The Kier molecular flexibility index (Phi) is 50.5. The van der Waals surface area contributed by atoms with Crippen LogP contribution in [0.5, 0.6) is 23.0 Å². The van der Waals surface area contributed by atoms with E-state index in [0.29, 0.717) is 26.4 Å². The molecule has 0 fully saturated rings. The van der Waals surface area contributed by atoms with E-state index in [1.54, 1.807) is 36.4 Å². The van der Waals surface area contributed by atoms with E-state index in [9.17, 15) is 50.4 Å². The van der Waals surface area contributed by atoms with Gasteiger partial charge in [-0.15, -0.1) is 0 Å². The number of halogens is 12. The number of benzene rings is 10. The van der Waals surface area contributed by atoms with Gasteiger partial charge in [0, 0.05) is 41.5 Å². The first-order valence-corrected chi connectivity index (χ1v) is 43.6. The zero-order valence-corrected chi connectivity index (χ0v) is 68.4. The quantitative estimate of drug-likeness (QED) is 0.0321. The molecule has 592 valence electrons. The van der Waals surface area contributed by atoms with Crippen LogP contribution in [0.1, 0.15) is 41.5 Å². The molecule has 0 saturated heterocycles. The van der Waals surface area contributed by atoms with Crippen molar-refractivity contribution in [2.45, 2.75) is 41.5 Å². The number of ether oxygens (including phenoxy) is 4. The van der Waals surface area contributed by atoms with Gasteiger partial charge in [0.2, 0.25) is 0 Å². The molecule has 0 aliphatic heterocycles. The van der Waals surface area contributed by atoms with Crippen molar-refractivity contribution in [1.82, 2.24) is 0 Å². The normalized spacial score (nSPS) is 11.0. The van der Waals surface area contributed by atoms with Crippen molar-refractivity contribution in [3.05, 3.63) is 291 Å². The molecule has 0 aliphatic rings. The van der Waals surface area contributed by atoms with Crippen molar-refractivity contribution < 1.29 is 103 Å². The second-order valence-electron chi connectivity index (χ2n) is 21.4. The first kappa shape index (κ1) is 103. The van der Waals surface area contributed by atoms with Crippen LogP contribution in [0, 0.1) is 68.0 Å². The molecule has 10 aromatic rings. The van der Waals surface area contributed by atoms with Crippen LogP contribution >= 0.6 is 47.3 Å². The molecule has 30 heteroatoms. The summed E-state index contributed by atoms with van der Waals surface area (Å²) in [6, 6.07) is 113. The molecule has 0 bridgehead atoms. The van der Waals surface area contributed by atoms with E-state index in [4.69, 9.17) is 50.5 Å². The molecular formula is C80H86Cu2F12N6O4P6+4. The minimum atomic E-state index is -10.7. The van der Waals surface area contributed by atoms with Gasteiger partial charge in [0.05, 0.1) is 111 Å². The van der Waals surface area contributed by atoms with Crippen LogP contribution < -0.4 is 61.4 Å². The Morgan fingerprint density at radius 3 is 0.400 bits per heavy atom. The molecule has 0 heterocycles. The summed E-state index contributed by atoms with van der Waals surface area (Å²) >= 11 is 0. The standard InChI is InChI=1S/2C34H32O2P2.6C2H3N.2Cu.2F6P/c2*1-5-13-31(14-6-1)37(32-15-7-2-8-16-32)27-25-35-29-21-23-30(24-22-29)36-26-28-38(33-17-9-3-10-18-33)34-19-11-4-12-20-34;6*1-2-3;;;2*1-7(2,3,4,5)6/h2*1-24H,25-28H2;6*1H3;;;;/q;;;;;;;;2*+1;2*-1/p+4. The molecule has 110 heavy (non-hydrogen) atoms. The van der Waals surface area contributed by atoms with Gasteiger partial charge >= 0.3 is 100 Å². The molecule has 10 aromatic carbocycles. The Bertz CT molecular complexity index is 3590. The third-order valence-corrected chi connectivity index (χ3v) is 24.2. The van der Waals surface area contributed by atoms with Crippen LogP contribution in [-0.2, 0) is 34.1 Å². The third kappa shape index (κ3) is 55.5. The van der Waals surface area contributed by atoms with E-state index in [1.165, 1.54) is 84.0 Å². The molecule has 10 nitrogen and oxygen atoms in total. The topological polar surface area (TPSA) is 180 Å². The van der Waals surface area contributed by atoms with Crippen LogP contribution in [0.25, 0.3) is 0 Å². The van der Waals surface area contributed by atoms with E-state index in [0.717, 1.165) is 47.6 Å². The van der Waals surface area contributed by atoms with E-state index in [2.05, 4.69) is 243 Å². The van der Waals surface area contributed by atoms with Gasteiger partial charge < -0.3 is 18.9 Å². The molecule has 0 aromatic heterocycles. The number of nitrogens with zero attached hydrogens (tertiary/aromatic N) is 6. The first-order chi connectivity index (χ1) is 51.1. The molecule has 0 unspecified atom stereocenters. The Labute approximate surface area is 663 Å². The fourth-order valence-electron chi connectivity index (χ4n) is 9.28.